The fraction of sp³-hybridized carbons (Fsp3) is 0. The molecule has 0 saturated heterocycles. The molecule has 0 saturated carbocycles. The summed E-state index contributed by atoms with van der Waals surface area (Å²) < 4.78 is 1.99. The molecule has 4 nitrogen and oxygen atoms in total. The number of fused-ring (bicyclic) bond motifs is 1. The molecule has 0 unspecified atom stereocenters. The molecule has 0 aromatic carbocycles. The van der Waals surface area contributed by atoms with Crippen LogP contribution in [0.5, 0.6) is 0 Å². The highest BCUT2D eigenvalue weighted by molar-refractivity contribution is 7.99. The molecule has 18 heavy (non-hydrogen) atoms. The molecule has 0 aliphatic carbocycles. The summed E-state index contributed by atoms with van der Waals surface area (Å²) in [7, 11) is 0. The Labute approximate surface area is 108 Å². The van der Waals surface area contributed by atoms with Gasteiger partial charge >= 0.3 is 0 Å². The van der Waals surface area contributed by atoms with E-state index in [2.05, 4.69) is 9.97 Å². The number of pyridine rings is 2. The summed E-state index contributed by atoms with van der Waals surface area (Å²) in [5, 5.41) is 10.4. The monoisotopic (exact) mass is 252 g/mol. The summed E-state index contributed by atoms with van der Waals surface area (Å²) in [5.41, 5.74) is 1.46. The highest BCUT2D eigenvalue weighted by Crippen LogP contribution is 2.25. The lowest BCUT2D eigenvalue weighted by Crippen LogP contribution is -1.88. The minimum atomic E-state index is 0.417. The van der Waals surface area contributed by atoms with E-state index in [0.717, 1.165) is 15.7 Å². The first-order valence-corrected chi connectivity index (χ1v) is 6.15. The second-order valence-corrected chi connectivity index (χ2v) is 4.60. The van der Waals surface area contributed by atoms with Gasteiger partial charge in [-0.15, -0.1) is 0 Å². The van der Waals surface area contributed by atoms with Crippen molar-refractivity contribution >= 4 is 17.3 Å². The van der Waals surface area contributed by atoms with E-state index in [1.807, 2.05) is 53.2 Å². The Kier molecular flexibility index (Phi) is 2.71. The molecule has 86 valence electrons. The van der Waals surface area contributed by atoms with Crippen molar-refractivity contribution in [1.82, 2.24) is 14.4 Å². The molecule has 0 atom stereocenters. The number of aromatic nitrogens is 3. The number of nitrogens with zero attached hydrogens (tertiary/aromatic N) is 4. The summed E-state index contributed by atoms with van der Waals surface area (Å²) in [6.07, 6.45) is 3.77. The van der Waals surface area contributed by atoms with E-state index < -0.39 is 0 Å². The van der Waals surface area contributed by atoms with Gasteiger partial charge in [-0.25, -0.2) is 9.97 Å². The lowest BCUT2D eigenvalue weighted by molar-refractivity contribution is 0.951. The minimum Gasteiger partial charge on any atom is -0.295 e. The van der Waals surface area contributed by atoms with E-state index in [0.29, 0.717) is 5.69 Å². The van der Waals surface area contributed by atoms with E-state index in [9.17, 15) is 0 Å². The molecule has 3 heterocycles. The van der Waals surface area contributed by atoms with E-state index >= 15 is 0 Å². The third-order valence-electron chi connectivity index (χ3n) is 2.44. The zero-order chi connectivity index (χ0) is 12.4. The quantitative estimate of drug-likeness (QED) is 0.703. The van der Waals surface area contributed by atoms with Gasteiger partial charge in [0.25, 0.3) is 0 Å². The Balaban J connectivity index is 1.99. The van der Waals surface area contributed by atoms with Gasteiger partial charge in [-0.05, 0) is 36.0 Å². The van der Waals surface area contributed by atoms with E-state index in [4.69, 9.17) is 5.26 Å². The SMILES string of the molecule is N#Cc1cccc(Sc2ncc3ccccn23)n1. The molecule has 0 radical (unpaired) electrons. The smallest absolute Gasteiger partial charge is 0.178 e. The van der Waals surface area contributed by atoms with Crippen molar-refractivity contribution in [3.8, 4) is 6.07 Å². The van der Waals surface area contributed by atoms with Crippen LogP contribution < -0.4 is 0 Å². The zero-order valence-electron chi connectivity index (χ0n) is 9.32. The van der Waals surface area contributed by atoms with Crippen molar-refractivity contribution < 1.29 is 0 Å². The van der Waals surface area contributed by atoms with E-state index in [-0.39, 0.29) is 0 Å². The average Bonchev–Trinajstić information content (AvgIpc) is 2.83. The maximum absolute atomic E-state index is 8.82. The summed E-state index contributed by atoms with van der Waals surface area (Å²) >= 11 is 1.44. The third-order valence-corrected chi connectivity index (χ3v) is 3.36. The van der Waals surface area contributed by atoms with Crippen molar-refractivity contribution in [2.75, 3.05) is 0 Å². The van der Waals surface area contributed by atoms with Crippen LogP contribution in [-0.4, -0.2) is 14.4 Å². The van der Waals surface area contributed by atoms with Crippen molar-refractivity contribution in [3.05, 3.63) is 54.5 Å². The summed E-state index contributed by atoms with van der Waals surface area (Å²) in [6, 6.07) is 13.3. The number of hydrogen-bond donors (Lipinski definition) is 0. The van der Waals surface area contributed by atoms with Gasteiger partial charge in [0.2, 0.25) is 0 Å². The predicted octanol–water partition coefficient (Wildman–Crippen LogP) is 2.75. The number of imidazole rings is 1. The molecule has 0 N–H and O–H groups in total. The van der Waals surface area contributed by atoms with Crippen LogP contribution in [0.15, 0.2) is 59.0 Å². The summed E-state index contributed by atoms with van der Waals surface area (Å²) in [5.74, 6) is 0. The maximum atomic E-state index is 8.82. The van der Waals surface area contributed by atoms with Gasteiger partial charge in [0.1, 0.15) is 16.8 Å². The van der Waals surface area contributed by atoms with Crippen molar-refractivity contribution in [2.45, 2.75) is 10.2 Å². The Bertz CT molecular complexity index is 742. The van der Waals surface area contributed by atoms with Crippen LogP contribution >= 0.6 is 11.8 Å². The Hall–Kier alpha value is -2.32. The molecular formula is C13H8N4S. The Morgan fingerprint density at radius 3 is 3.00 bits per heavy atom. The highest BCUT2D eigenvalue weighted by atomic mass is 32.2. The fourth-order valence-corrected chi connectivity index (χ4v) is 2.47. The molecule has 0 fully saturated rings. The van der Waals surface area contributed by atoms with Crippen molar-refractivity contribution in [2.24, 2.45) is 0 Å². The third kappa shape index (κ3) is 1.94. The van der Waals surface area contributed by atoms with E-state index in [1.165, 1.54) is 11.8 Å². The van der Waals surface area contributed by atoms with Gasteiger partial charge in [-0.1, -0.05) is 12.1 Å². The molecule has 3 aromatic rings. The van der Waals surface area contributed by atoms with Crippen LogP contribution in [0, 0.1) is 11.3 Å². The first-order valence-electron chi connectivity index (χ1n) is 5.34. The second-order valence-electron chi connectivity index (χ2n) is 3.61. The molecule has 0 amide bonds. The van der Waals surface area contributed by atoms with Gasteiger partial charge in [0, 0.05) is 6.20 Å². The number of nitriles is 1. The first kappa shape index (κ1) is 10.8. The van der Waals surface area contributed by atoms with Crippen molar-refractivity contribution in [1.29, 1.82) is 5.26 Å². The number of rotatable bonds is 2. The van der Waals surface area contributed by atoms with Crippen LogP contribution in [0.4, 0.5) is 0 Å². The standard InChI is InChI=1S/C13H8N4S/c14-8-10-4-3-6-12(16-10)18-13-15-9-11-5-1-2-7-17(11)13/h1-7,9H. The number of hydrogen-bond acceptors (Lipinski definition) is 4. The van der Waals surface area contributed by atoms with Crippen LogP contribution in [0.3, 0.4) is 0 Å². The lowest BCUT2D eigenvalue weighted by atomic mass is 10.4. The van der Waals surface area contributed by atoms with Gasteiger partial charge < -0.3 is 0 Å². The van der Waals surface area contributed by atoms with Gasteiger partial charge in [0.05, 0.1) is 11.7 Å². The molecule has 0 aliphatic heterocycles. The molecular weight excluding hydrogens is 244 g/mol. The second kappa shape index (κ2) is 4.51. The Morgan fingerprint density at radius 1 is 1.17 bits per heavy atom. The molecule has 0 aliphatic rings. The van der Waals surface area contributed by atoms with Crippen molar-refractivity contribution in [3.63, 3.8) is 0 Å². The largest absolute Gasteiger partial charge is 0.295 e. The molecule has 5 heteroatoms. The van der Waals surface area contributed by atoms with Crippen LogP contribution in [0.25, 0.3) is 5.52 Å². The molecule has 3 rings (SSSR count). The van der Waals surface area contributed by atoms with Crippen LogP contribution in [0.1, 0.15) is 5.69 Å². The molecule has 0 bridgehead atoms. The first-order chi connectivity index (χ1) is 8.86. The van der Waals surface area contributed by atoms with Crippen LogP contribution in [0.2, 0.25) is 0 Å². The van der Waals surface area contributed by atoms with Crippen LogP contribution in [-0.2, 0) is 0 Å². The summed E-state index contributed by atoms with van der Waals surface area (Å²) in [6.45, 7) is 0. The highest BCUT2D eigenvalue weighted by Gasteiger charge is 2.06. The topological polar surface area (TPSA) is 54.0 Å². The fourth-order valence-electron chi connectivity index (χ4n) is 1.62. The van der Waals surface area contributed by atoms with Gasteiger partial charge in [-0.3, -0.25) is 4.40 Å². The maximum Gasteiger partial charge on any atom is 0.178 e. The Morgan fingerprint density at radius 2 is 2.11 bits per heavy atom. The normalized spacial score (nSPS) is 10.4. The lowest BCUT2D eigenvalue weighted by Gasteiger charge is -2.00. The zero-order valence-corrected chi connectivity index (χ0v) is 10.1. The summed E-state index contributed by atoms with van der Waals surface area (Å²) in [4.78, 5) is 8.57. The average molecular weight is 252 g/mol. The van der Waals surface area contributed by atoms with Gasteiger partial charge in [-0.2, -0.15) is 5.26 Å². The minimum absolute atomic E-state index is 0.417. The molecule has 3 aromatic heterocycles. The predicted molar refractivity (Wildman–Crippen MR) is 68.3 cm³/mol. The van der Waals surface area contributed by atoms with E-state index in [1.54, 1.807) is 6.07 Å². The molecule has 0 spiro atoms. The van der Waals surface area contributed by atoms with Gasteiger partial charge in [0.15, 0.2) is 5.16 Å².